The number of hydrogen-bond acceptors (Lipinski definition) is 6. The molecule has 0 aromatic carbocycles. The van der Waals surface area contributed by atoms with Gasteiger partial charge in [-0.2, -0.15) is 0 Å². The summed E-state index contributed by atoms with van der Waals surface area (Å²) in [5.41, 5.74) is 6.16. The minimum absolute atomic E-state index is 0.159. The molecule has 0 bridgehead atoms. The Bertz CT molecular complexity index is 661. The Morgan fingerprint density at radius 2 is 2.29 bits per heavy atom. The summed E-state index contributed by atoms with van der Waals surface area (Å²) in [6.07, 6.45) is 2.04. The van der Waals surface area contributed by atoms with Crippen LogP contribution in [-0.2, 0) is 13.0 Å². The van der Waals surface area contributed by atoms with Crippen molar-refractivity contribution in [3.63, 3.8) is 0 Å². The zero-order valence-corrected chi connectivity index (χ0v) is 12.9. The fourth-order valence-electron chi connectivity index (χ4n) is 2.43. The van der Waals surface area contributed by atoms with Gasteiger partial charge < -0.3 is 15.6 Å². The van der Waals surface area contributed by atoms with E-state index in [0.29, 0.717) is 5.69 Å². The van der Waals surface area contributed by atoms with Crippen LogP contribution in [0.1, 0.15) is 59.5 Å². The minimum Gasteiger partial charge on any atom is -0.341 e. The summed E-state index contributed by atoms with van der Waals surface area (Å²) in [5.74, 6) is 1.60. The molecule has 2 atom stereocenters. The van der Waals surface area contributed by atoms with Gasteiger partial charge in [0.05, 0.1) is 12.1 Å². The highest BCUT2D eigenvalue weighted by molar-refractivity contribution is 7.09. The number of carbonyl (C=O) groups excluding carboxylic acids is 1. The van der Waals surface area contributed by atoms with E-state index in [1.807, 2.05) is 13.8 Å². The van der Waals surface area contributed by atoms with Crippen molar-refractivity contribution in [2.24, 2.45) is 5.73 Å². The molecule has 0 radical (unpaired) electrons. The zero-order valence-electron chi connectivity index (χ0n) is 12.0. The van der Waals surface area contributed by atoms with Gasteiger partial charge in [0.25, 0.3) is 5.91 Å². The van der Waals surface area contributed by atoms with Gasteiger partial charge >= 0.3 is 0 Å². The number of amides is 1. The molecule has 3 rings (SSSR count). The molecule has 0 aliphatic carbocycles. The fraction of sp³-hybridized carbons (Fsp3) is 0.538. The smallest absolute Gasteiger partial charge is 0.271 e. The van der Waals surface area contributed by atoms with Crippen molar-refractivity contribution in [1.82, 2.24) is 25.1 Å². The lowest BCUT2D eigenvalue weighted by Gasteiger charge is -2.12. The third kappa shape index (κ3) is 2.68. The first-order valence-corrected chi connectivity index (χ1v) is 7.88. The van der Waals surface area contributed by atoms with E-state index in [1.165, 1.54) is 11.3 Å². The number of nitrogens with two attached hydrogens (primary N) is 1. The molecule has 2 aromatic heterocycles. The standard InChI is InChI=1S/C13H18N6OS/c1-7(14)13-16-9(6-21-13)12(20)15-8(2)11-18-17-10-4-3-5-19(10)11/h6-8H,3-5,14H2,1-2H3,(H,15,20). The largest absolute Gasteiger partial charge is 0.341 e. The Balaban J connectivity index is 1.71. The summed E-state index contributed by atoms with van der Waals surface area (Å²) in [7, 11) is 0. The molecule has 0 saturated carbocycles. The van der Waals surface area contributed by atoms with E-state index in [4.69, 9.17) is 5.73 Å². The maximum Gasteiger partial charge on any atom is 0.271 e. The predicted octanol–water partition coefficient (Wildman–Crippen LogP) is 1.19. The van der Waals surface area contributed by atoms with Crippen LogP contribution in [0.25, 0.3) is 0 Å². The summed E-state index contributed by atoms with van der Waals surface area (Å²) in [4.78, 5) is 16.5. The second-order valence-electron chi connectivity index (χ2n) is 5.28. The van der Waals surface area contributed by atoms with Crippen LogP contribution in [0.5, 0.6) is 0 Å². The number of aryl methyl sites for hydroxylation is 1. The Hall–Kier alpha value is -1.80. The number of hydrogen-bond donors (Lipinski definition) is 2. The number of fused-ring (bicyclic) bond motifs is 1. The lowest BCUT2D eigenvalue weighted by molar-refractivity contribution is 0.0933. The second-order valence-corrected chi connectivity index (χ2v) is 6.17. The molecular formula is C13H18N6OS. The molecule has 0 saturated heterocycles. The molecule has 0 fully saturated rings. The summed E-state index contributed by atoms with van der Waals surface area (Å²) >= 11 is 1.40. The quantitative estimate of drug-likeness (QED) is 0.884. The van der Waals surface area contributed by atoms with Gasteiger partial charge in [0, 0.05) is 18.3 Å². The van der Waals surface area contributed by atoms with Gasteiger partial charge in [-0.3, -0.25) is 4.79 Å². The highest BCUT2D eigenvalue weighted by atomic mass is 32.1. The highest BCUT2D eigenvalue weighted by Gasteiger charge is 2.23. The molecule has 1 aliphatic heterocycles. The van der Waals surface area contributed by atoms with Gasteiger partial charge in [0.15, 0.2) is 5.82 Å². The summed E-state index contributed by atoms with van der Waals surface area (Å²) < 4.78 is 2.08. The molecule has 1 amide bonds. The van der Waals surface area contributed by atoms with Gasteiger partial charge in [-0.15, -0.1) is 21.5 Å². The number of rotatable bonds is 4. The fourth-order valence-corrected chi connectivity index (χ4v) is 3.19. The van der Waals surface area contributed by atoms with Crippen molar-refractivity contribution in [2.45, 2.75) is 45.3 Å². The SMILES string of the molecule is CC(N)c1nc(C(=O)NC(C)c2nnc3n2CCC3)cs1. The highest BCUT2D eigenvalue weighted by Crippen LogP contribution is 2.20. The summed E-state index contributed by atoms with van der Waals surface area (Å²) in [6.45, 7) is 4.68. The molecule has 0 spiro atoms. The van der Waals surface area contributed by atoms with Crippen molar-refractivity contribution >= 4 is 17.2 Å². The van der Waals surface area contributed by atoms with E-state index < -0.39 is 0 Å². The molecule has 7 nitrogen and oxygen atoms in total. The van der Waals surface area contributed by atoms with E-state index in [2.05, 4.69) is 25.1 Å². The predicted molar refractivity (Wildman–Crippen MR) is 78.9 cm³/mol. The lowest BCUT2D eigenvalue weighted by atomic mass is 10.3. The van der Waals surface area contributed by atoms with Crippen molar-refractivity contribution in [2.75, 3.05) is 0 Å². The molecule has 3 N–H and O–H groups in total. The molecule has 2 aromatic rings. The molecular weight excluding hydrogens is 288 g/mol. The van der Waals surface area contributed by atoms with Crippen LogP contribution >= 0.6 is 11.3 Å². The molecule has 112 valence electrons. The van der Waals surface area contributed by atoms with Gasteiger partial charge in [-0.1, -0.05) is 0 Å². The van der Waals surface area contributed by atoms with Gasteiger partial charge in [0.2, 0.25) is 0 Å². The van der Waals surface area contributed by atoms with Crippen LogP contribution in [-0.4, -0.2) is 25.7 Å². The van der Waals surface area contributed by atoms with Crippen molar-refractivity contribution in [3.8, 4) is 0 Å². The van der Waals surface area contributed by atoms with Crippen LogP contribution in [0.2, 0.25) is 0 Å². The van der Waals surface area contributed by atoms with E-state index >= 15 is 0 Å². The number of thiazole rings is 1. The Morgan fingerprint density at radius 1 is 1.48 bits per heavy atom. The zero-order chi connectivity index (χ0) is 15.0. The van der Waals surface area contributed by atoms with Crippen molar-refractivity contribution in [3.05, 3.63) is 27.7 Å². The Kier molecular flexibility index (Phi) is 3.73. The number of nitrogens with one attached hydrogen (secondary N) is 1. The topological polar surface area (TPSA) is 98.7 Å². The second kappa shape index (κ2) is 5.53. The van der Waals surface area contributed by atoms with Crippen molar-refractivity contribution < 1.29 is 4.79 Å². The number of aromatic nitrogens is 4. The van der Waals surface area contributed by atoms with E-state index in [9.17, 15) is 4.79 Å². The first kappa shape index (κ1) is 14.2. The molecule has 2 unspecified atom stereocenters. The van der Waals surface area contributed by atoms with Gasteiger partial charge in [-0.25, -0.2) is 4.98 Å². The molecule has 3 heterocycles. The first-order chi connectivity index (χ1) is 10.1. The van der Waals surface area contributed by atoms with E-state index in [1.54, 1.807) is 5.38 Å². The average Bonchev–Trinajstić information content (AvgIpc) is 3.14. The van der Waals surface area contributed by atoms with Gasteiger partial charge in [0.1, 0.15) is 16.5 Å². The lowest BCUT2D eigenvalue weighted by Crippen LogP contribution is -2.29. The third-order valence-electron chi connectivity index (χ3n) is 3.52. The molecule has 1 aliphatic rings. The first-order valence-electron chi connectivity index (χ1n) is 7.00. The van der Waals surface area contributed by atoms with E-state index in [-0.39, 0.29) is 18.0 Å². The van der Waals surface area contributed by atoms with Crippen LogP contribution in [0.4, 0.5) is 0 Å². The summed E-state index contributed by atoms with van der Waals surface area (Å²) in [6, 6.07) is -0.356. The van der Waals surface area contributed by atoms with Crippen LogP contribution in [0.15, 0.2) is 5.38 Å². The van der Waals surface area contributed by atoms with Crippen LogP contribution in [0, 0.1) is 0 Å². The van der Waals surface area contributed by atoms with Gasteiger partial charge in [-0.05, 0) is 20.3 Å². The Morgan fingerprint density at radius 3 is 3.00 bits per heavy atom. The maximum atomic E-state index is 12.2. The van der Waals surface area contributed by atoms with Crippen molar-refractivity contribution in [1.29, 1.82) is 0 Å². The normalized spacial score (nSPS) is 16.5. The summed E-state index contributed by atoms with van der Waals surface area (Å²) in [5, 5.41) is 13.7. The number of carbonyl (C=O) groups is 1. The Labute approximate surface area is 126 Å². The molecule has 8 heteroatoms. The minimum atomic E-state index is -0.207. The van der Waals surface area contributed by atoms with E-state index in [0.717, 1.165) is 36.0 Å². The van der Waals surface area contributed by atoms with Crippen LogP contribution in [0.3, 0.4) is 0 Å². The molecule has 21 heavy (non-hydrogen) atoms. The maximum absolute atomic E-state index is 12.2. The number of nitrogens with zero attached hydrogens (tertiary/aromatic N) is 4. The van der Waals surface area contributed by atoms with Crippen LogP contribution < -0.4 is 11.1 Å². The third-order valence-corrected chi connectivity index (χ3v) is 4.56. The monoisotopic (exact) mass is 306 g/mol. The average molecular weight is 306 g/mol.